The van der Waals surface area contributed by atoms with Crippen molar-refractivity contribution in [2.45, 2.75) is 69.7 Å². The Kier molecular flexibility index (Phi) is 5.30. The van der Waals surface area contributed by atoms with Crippen LogP contribution in [-0.4, -0.2) is 16.2 Å². The summed E-state index contributed by atoms with van der Waals surface area (Å²) in [5.74, 6) is 1.98. The van der Waals surface area contributed by atoms with Crippen molar-refractivity contribution in [3.63, 3.8) is 0 Å². The molecule has 30 heavy (non-hydrogen) atoms. The first kappa shape index (κ1) is 20.6. The van der Waals surface area contributed by atoms with E-state index in [0.29, 0.717) is 40.8 Å². The third kappa shape index (κ3) is 4.10. The third-order valence-corrected chi connectivity index (χ3v) is 7.77. The number of benzene rings is 2. The average Bonchev–Trinajstić information content (AvgIpc) is 2.65. The fourth-order valence-corrected chi connectivity index (χ4v) is 7.04. The molecule has 4 aliphatic carbocycles. The van der Waals surface area contributed by atoms with Crippen LogP contribution in [0.5, 0.6) is 5.75 Å². The van der Waals surface area contributed by atoms with Gasteiger partial charge < -0.3 is 15.2 Å². The molecule has 0 amide bonds. The molecule has 0 spiro atoms. The normalized spacial score (nSPS) is 31.9. The summed E-state index contributed by atoms with van der Waals surface area (Å²) >= 11 is 12.9. The summed E-state index contributed by atoms with van der Waals surface area (Å²) in [5.41, 5.74) is 2.84. The Morgan fingerprint density at radius 2 is 1.77 bits per heavy atom. The lowest BCUT2D eigenvalue weighted by Crippen LogP contribution is -2.64. The molecule has 0 saturated heterocycles. The van der Waals surface area contributed by atoms with Gasteiger partial charge in [0.1, 0.15) is 12.4 Å². The fraction of sp³-hybridized carbons (Fsp3) is 0.520. The zero-order valence-corrected chi connectivity index (χ0v) is 18.9. The number of ether oxygens (including phenoxy) is 1. The first-order valence-corrected chi connectivity index (χ1v) is 11.7. The summed E-state index contributed by atoms with van der Waals surface area (Å²) < 4.78 is 6.16. The van der Waals surface area contributed by atoms with Crippen molar-refractivity contribution in [2.75, 3.05) is 0 Å². The highest BCUT2D eigenvalue weighted by atomic mass is 35.5. The molecule has 2 aromatic carbocycles. The molecule has 0 heterocycles. The SMILES string of the molecule is Cc1ccc(COc2c(Cl)cc(Cl)cc2CNC23CC4CC(CC(O)(C4)C2)C3)cc1. The molecule has 0 radical (unpaired) electrons. The second-order valence-corrected chi connectivity index (χ2v) is 10.8. The van der Waals surface area contributed by atoms with E-state index < -0.39 is 5.60 Å². The van der Waals surface area contributed by atoms with Gasteiger partial charge in [-0.3, -0.25) is 0 Å². The predicted octanol–water partition coefficient (Wildman–Crippen LogP) is 6.05. The number of hydrogen-bond acceptors (Lipinski definition) is 3. The van der Waals surface area contributed by atoms with E-state index in [-0.39, 0.29) is 5.54 Å². The molecule has 0 aliphatic heterocycles. The zero-order valence-electron chi connectivity index (χ0n) is 17.4. The molecule has 0 aromatic heterocycles. The Morgan fingerprint density at radius 3 is 2.43 bits per heavy atom. The highest BCUT2D eigenvalue weighted by Crippen LogP contribution is 2.57. The van der Waals surface area contributed by atoms with E-state index in [1.54, 1.807) is 6.07 Å². The minimum absolute atomic E-state index is 0.0157. The lowest BCUT2D eigenvalue weighted by atomic mass is 9.51. The molecule has 6 rings (SSSR count). The van der Waals surface area contributed by atoms with Crippen LogP contribution in [0.2, 0.25) is 10.0 Å². The molecule has 5 heteroatoms. The van der Waals surface area contributed by atoms with Gasteiger partial charge in [-0.25, -0.2) is 0 Å². The summed E-state index contributed by atoms with van der Waals surface area (Å²) in [6, 6.07) is 12.0. The topological polar surface area (TPSA) is 41.5 Å². The number of nitrogens with one attached hydrogen (secondary N) is 1. The van der Waals surface area contributed by atoms with Gasteiger partial charge in [-0.05, 0) is 75.0 Å². The molecule has 2 aromatic rings. The Hall–Kier alpha value is -1.26. The molecular formula is C25H29Cl2NO2. The third-order valence-electron chi connectivity index (χ3n) is 7.27. The summed E-state index contributed by atoms with van der Waals surface area (Å²) in [7, 11) is 0. The van der Waals surface area contributed by atoms with Gasteiger partial charge in [-0.1, -0.05) is 53.0 Å². The lowest BCUT2D eigenvalue weighted by Gasteiger charge is -2.60. The van der Waals surface area contributed by atoms with Gasteiger partial charge in [-0.15, -0.1) is 0 Å². The lowest BCUT2D eigenvalue weighted by molar-refractivity contribution is -0.142. The maximum Gasteiger partial charge on any atom is 0.142 e. The molecule has 4 fully saturated rings. The second kappa shape index (κ2) is 7.70. The number of hydrogen-bond donors (Lipinski definition) is 2. The van der Waals surface area contributed by atoms with Gasteiger partial charge in [0.2, 0.25) is 0 Å². The molecule has 2 unspecified atom stereocenters. The summed E-state index contributed by atoms with van der Waals surface area (Å²) in [4.78, 5) is 0. The van der Waals surface area contributed by atoms with E-state index in [9.17, 15) is 5.11 Å². The van der Waals surface area contributed by atoms with Crippen molar-refractivity contribution in [1.82, 2.24) is 5.32 Å². The number of aliphatic hydroxyl groups is 1. The molecule has 4 saturated carbocycles. The van der Waals surface area contributed by atoms with Crippen LogP contribution in [0.4, 0.5) is 0 Å². The summed E-state index contributed by atoms with van der Waals surface area (Å²) in [6.45, 7) is 3.17. The first-order valence-electron chi connectivity index (χ1n) is 11.0. The predicted molar refractivity (Wildman–Crippen MR) is 121 cm³/mol. The smallest absolute Gasteiger partial charge is 0.142 e. The van der Waals surface area contributed by atoms with Crippen LogP contribution in [0.15, 0.2) is 36.4 Å². The number of aryl methyl sites for hydroxylation is 1. The number of rotatable bonds is 6. The zero-order chi connectivity index (χ0) is 20.9. The Balaban J connectivity index is 1.33. The monoisotopic (exact) mass is 445 g/mol. The van der Waals surface area contributed by atoms with Crippen LogP contribution in [-0.2, 0) is 13.2 Å². The van der Waals surface area contributed by atoms with Gasteiger partial charge in [-0.2, -0.15) is 0 Å². The van der Waals surface area contributed by atoms with E-state index >= 15 is 0 Å². The van der Waals surface area contributed by atoms with Crippen LogP contribution >= 0.6 is 23.2 Å². The Morgan fingerprint density at radius 1 is 1.07 bits per heavy atom. The maximum absolute atomic E-state index is 11.0. The quantitative estimate of drug-likeness (QED) is 0.567. The van der Waals surface area contributed by atoms with E-state index in [1.807, 2.05) is 6.07 Å². The van der Waals surface area contributed by atoms with Gasteiger partial charge in [0, 0.05) is 22.7 Å². The minimum atomic E-state index is -0.478. The highest BCUT2D eigenvalue weighted by molar-refractivity contribution is 6.35. The van der Waals surface area contributed by atoms with Crippen LogP contribution in [0.25, 0.3) is 0 Å². The van der Waals surface area contributed by atoms with Crippen LogP contribution < -0.4 is 10.1 Å². The molecule has 3 nitrogen and oxygen atoms in total. The van der Waals surface area contributed by atoms with Crippen LogP contribution in [0, 0.1) is 18.8 Å². The Labute approximate surface area is 188 Å². The van der Waals surface area contributed by atoms with Crippen LogP contribution in [0.1, 0.15) is 55.2 Å². The van der Waals surface area contributed by atoms with E-state index in [0.717, 1.165) is 43.2 Å². The van der Waals surface area contributed by atoms with Gasteiger partial charge in [0.25, 0.3) is 0 Å². The molecule has 2 atom stereocenters. The van der Waals surface area contributed by atoms with Crippen molar-refractivity contribution in [2.24, 2.45) is 11.8 Å². The Bertz CT molecular complexity index is 929. The average molecular weight is 446 g/mol. The van der Waals surface area contributed by atoms with Crippen molar-refractivity contribution >= 4 is 23.2 Å². The van der Waals surface area contributed by atoms with E-state index in [4.69, 9.17) is 27.9 Å². The first-order chi connectivity index (χ1) is 14.3. The molecule has 2 N–H and O–H groups in total. The van der Waals surface area contributed by atoms with Gasteiger partial charge >= 0.3 is 0 Å². The van der Waals surface area contributed by atoms with Crippen LogP contribution in [0.3, 0.4) is 0 Å². The molecule has 4 bridgehead atoms. The fourth-order valence-electron chi connectivity index (χ4n) is 6.45. The molecule has 4 aliphatic rings. The minimum Gasteiger partial charge on any atom is -0.487 e. The summed E-state index contributed by atoms with van der Waals surface area (Å²) in [5, 5.41) is 16.0. The van der Waals surface area contributed by atoms with Gasteiger partial charge in [0.05, 0.1) is 10.6 Å². The maximum atomic E-state index is 11.0. The van der Waals surface area contributed by atoms with Crippen molar-refractivity contribution < 1.29 is 9.84 Å². The number of halogens is 2. The van der Waals surface area contributed by atoms with Crippen molar-refractivity contribution in [1.29, 1.82) is 0 Å². The van der Waals surface area contributed by atoms with E-state index in [2.05, 4.69) is 36.5 Å². The van der Waals surface area contributed by atoms with Crippen molar-refractivity contribution in [3.05, 3.63) is 63.1 Å². The highest BCUT2D eigenvalue weighted by Gasteiger charge is 2.56. The standard InChI is InChI=1S/C25H29Cl2NO2/c1-16-2-4-17(5-3-16)14-30-23-20(7-21(26)8-22(23)27)13-28-24-9-18-6-19(10-24)12-25(29,11-18)15-24/h2-5,7-8,18-19,28-29H,6,9-15H2,1H3. The largest absolute Gasteiger partial charge is 0.487 e. The van der Waals surface area contributed by atoms with E-state index in [1.165, 1.54) is 12.0 Å². The summed E-state index contributed by atoms with van der Waals surface area (Å²) in [6.07, 6.45) is 6.38. The van der Waals surface area contributed by atoms with Gasteiger partial charge in [0.15, 0.2) is 0 Å². The second-order valence-electron chi connectivity index (χ2n) is 9.97. The molecular weight excluding hydrogens is 417 g/mol. The van der Waals surface area contributed by atoms with Crippen molar-refractivity contribution in [3.8, 4) is 5.75 Å². The molecule has 160 valence electrons.